The van der Waals surface area contributed by atoms with Crippen LogP contribution in [0.25, 0.3) is 0 Å². The minimum absolute atomic E-state index is 0.401. The molecular weight excluding hydrogens is 292 g/mol. The molecule has 1 aromatic rings. The van der Waals surface area contributed by atoms with E-state index >= 15 is 0 Å². The molecule has 0 spiro atoms. The van der Waals surface area contributed by atoms with Crippen LogP contribution in [0.15, 0.2) is 22.9 Å². The molecule has 1 saturated carbocycles. The summed E-state index contributed by atoms with van der Waals surface area (Å²) in [5, 5.41) is 0. The number of rotatable bonds is 2. The number of ether oxygens (including phenoxy) is 1. The maximum atomic E-state index is 6.29. The second-order valence-corrected chi connectivity index (χ2v) is 6.70. The van der Waals surface area contributed by atoms with E-state index in [4.69, 9.17) is 4.74 Å². The van der Waals surface area contributed by atoms with Crippen LogP contribution >= 0.6 is 15.9 Å². The van der Waals surface area contributed by atoms with Gasteiger partial charge in [-0.2, -0.15) is 0 Å². The topological polar surface area (TPSA) is 25.4 Å². The molecule has 1 aromatic heterocycles. The number of nitrogens with zero attached hydrogens (tertiary/aromatic N) is 2. The third kappa shape index (κ3) is 1.77. The fourth-order valence-electron chi connectivity index (χ4n) is 4.16. The number of piperidine rings is 3. The largest absolute Gasteiger partial charge is 0.487 e. The van der Waals surface area contributed by atoms with Gasteiger partial charge < -0.3 is 9.64 Å². The van der Waals surface area contributed by atoms with Gasteiger partial charge in [-0.3, -0.25) is 0 Å². The third-order valence-corrected chi connectivity index (χ3v) is 5.29. The lowest BCUT2D eigenvalue weighted by atomic mass is 9.66. The molecule has 0 N–H and O–H groups in total. The summed E-state index contributed by atoms with van der Waals surface area (Å²) in [6.07, 6.45) is 4.91. The lowest BCUT2D eigenvalue weighted by Crippen LogP contribution is -2.61. The number of aromatic nitrogens is 1. The quantitative estimate of drug-likeness (QED) is 0.785. The van der Waals surface area contributed by atoms with Gasteiger partial charge in [-0.25, -0.2) is 4.98 Å². The van der Waals surface area contributed by atoms with Crippen molar-refractivity contribution < 1.29 is 4.74 Å². The molecule has 4 heterocycles. The molecule has 3 saturated heterocycles. The van der Waals surface area contributed by atoms with Gasteiger partial charge >= 0.3 is 0 Å². The van der Waals surface area contributed by atoms with Crippen molar-refractivity contribution in [3.63, 3.8) is 0 Å². The molecule has 5 rings (SSSR count). The number of hydrogen-bond donors (Lipinski definition) is 0. The highest BCUT2D eigenvalue weighted by Gasteiger charge is 2.48. The number of halogens is 1. The molecular formula is C14H17BrN2O. The van der Waals surface area contributed by atoms with Gasteiger partial charge in [0, 0.05) is 37.7 Å². The van der Waals surface area contributed by atoms with Crippen molar-refractivity contribution in [2.24, 2.45) is 17.8 Å². The van der Waals surface area contributed by atoms with E-state index in [1.165, 1.54) is 32.5 Å². The SMILES string of the molecule is Brc1ncccc1OC1[C@H]2CC3C[C@H]1CN(C3)C2. The van der Waals surface area contributed by atoms with Gasteiger partial charge in [-0.15, -0.1) is 0 Å². The Morgan fingerprint density at radius 3 is 2.67 bits per heavy atom. The van der Waals surface area contributed by atoms with Crippen molar-refractivity contribution in [2.45, 2.75) is 18.9 Å². The van der Waals surface area contributed by atoms with E-state index in [-0.39, 0.29) is 0 Å². The van der Waals surface area contributed by atoms with Crippen LogP contribution in [-0.2, 0) is 0 Å². The molecule has 4 bridgehead atoms. The Morgan fingerprint density at radius 2 is 2.00 bits per heavy atom. The summed E-state index contributed by atoms with van der Waals surface area (Å²) in [6, 6.07) is 3.96. The van der Waals surface area contributed by atoms with Crippen molar-refractivity contribution in [1.82, 2.24) is 9.88 Å². The highest BCUT2D eigenvalue weighted by Crippen LogP contribution is 2.45. The zero-order valence-corrected chi connectivity index (χ0v) is 11.8. The van der Waals surface area contributed by atoms with Crippen LogP contribution in [0.1, 0.15) is 12.8 Å². The fourth-order valence-corrected chi connectivity index (χ4v) is 4.51. The van der Waals surface area contributed by atoms with E-state index < -0.39 is 0 Å². The molecule has 4 aliphatic rings. The third-order valence-electron chi connectivity index (χ3n) is 4.69. The Kier molecular flexibility index (Phi) is 2.62. The highest BCUT2D eigenvalue weighted by atomic mass is 79.9. The first kappa shape index (κ1) is 11.2. The molecule has 4 heteroatoms. The van der Waals surface area contributed by atoms with Crippen molar-refractivity contribution in [1.29, 1.82) is 0 Å². The van der Waals surface area contributed by atoms with Gasteiger partial charge in [0.1, 0.15) is 10.7 Å². The molecule has 1 aliphatic carbocycles. The van der Waals surface area contributed by atoms with Gasteiger partial charge in [0.25, 0.3) is 0 Å². The first-order chi connectivity index (χ1) is 8.79. The van der Waals surface area contributed by atoms with Gasteiger partial charge in [0.15, 0.2) is 5.75 Å². The van der Waals surface area contributed by atoms with Crippen molar-refractivity contribution >= 4 is 15.9 Å². The van der Waals surface area contributed by atoms with Crippen LogP contribution in [0.2, 0.25) is 0 Å². The molecule has 3 nitrogen and oxygen atoms in total. The van der Waals surface area contributed by atoms with E-state index in [0.29, 0.717) is 6.10 Å². The van der Waals surface area contributed by atoms with E-state index in [9.17, 15) is 0 Å². The molecule has 2 atom stereocenters. The predicted molar refractivity (Wildman–Crippen MR) is 72.5 cm³/mol. The molecule has 18 heavy (non-hydrogen) atoms. The molecule has 0 radical (unpaired) electrons. The van der Waals surface area contributed by atoms with Crippen molar-refractivity contribution in [3.8, 4) is 5.75 Å². The summed E-state index contributed by atoms with van der Waals surface area (Å²) in [5.74, 6) is 3.29. The first-order valence-electron chi connectivity index (χ1n) is 6.79. The average Bonchev–Trinajstić information content (AvgIpc) is 2.35. The smallest absolute Gasteiger partial charge is 0.152 e. The van der Waals surface area contributed by atoms with Crippen LogP contribution in [-0.4, -0.2) is 35.6 Å². The Labute approximate surface area is 116 Å². The Balaban J connectivity index is 1.57. The molecule has 0 aromatic carbocycles. The summed E-state index contributed by atoms with van der Waals surface area (Å²) in [4.78, 5) is 6.87. The van der Waals surface area contributed by atoms with Gasteiger partial charge in [-0.1, -0.05) is 0 Å². The van der Waals surface area contributed by atoms with Crippen LogP contribution in [0.3, 0.4) is 0 Å². The van der Waals surface area contributed by atoms with Crippen molar-refractivity contribution in [3.05, 3.63) is 22.9 Å². The fraction of sp³-hybridized carbons (Fsp3) is 0.643. The zero-order chi connectivity index (χ0) is 12.1. The molecule has 4 fully saturated rings. The maximum absolute atomic E-state index is 6.29. The van der Waals surface area contributed by atoms with E-state index in [1.807, 2.05) is 12.1 Å². The van der Waals surface area contributed by atoms with Gasteiger partial charge in [0.2, 0.25) is 0 Å². The van der Waals surface area contributed by atoms with E-state index in [1.54, 1.807) is 6.20 Å². The summed E-state index contributed by atoms with van der Waals surface area (Å²) < 4.78 is 7.12. The van der Waals surface area contributed by atoms with Crippen molar-refractivity contribution in [2.75, 3.05) is 19.6 Å². The van der Waals surface area contributed by atoms with E-state index in [0.717, 1.165) is 28.1 Å². The van der Waals surface area contributed by atoms with Gasteiger partial charge in [-0.05, 0) is 46.8 Å². The summed E-state index contributed by atoms with van der Waals surface area (Å²) in [6.45, 7) is 3.79. The lowest BCUT2D eigenvalue weighted by molar-refractivity contribution is -0.0988. The highest BCUT2D eigenvalue weighted by molar-refractivity contribution is 9.10. The standard InChI is InChI=1S/C14H17BrN2O/c15-14-12(2-1-3-16-14)18-13-10-4-9-5-11(13)8-17(6-9)7-10/h1-3,9-11,13H,4-8H2/t9?,10-,11-,13?/m0/s1. The second-order valence-electron chi connectivity index (χ2n) is 5.95. The Hall–Kier alpha value is -0.610. The maximum Gasteiger partial charge on any atom is 0.152 e. The minimum Gasteiger partial charge on any atom is -0.487 e. The lowest BCUT2D eigenvalue weighted by Gasteiger charge is -2.55. The Morgan fingerprint density at radius 1 is 1.22 bits per heavy atom. The first-order valence-corrected chi connectivity index (χ1v) is 7.58. The van der Waals surface area contributed by atoms with Crippen LogP contribution < -0.4 is 4.74 Å². The Bertz CT molecular complexity index is 437. The predicted octanol–water partition coefficient (Wildman–Crippen LogP) is 2.56. The van der Waals surface area contributed by atoms with E-state index in [2.05, 4.69) is 25.8 Å². The minimum atomic E-state index is 0.401. The summed E-state index contributed by atoms with van der Waals surface area (Å²) in [7, 11) is 0. The normalized spacial score (nSPS) is 41.1. The average molecular weight is 309 g/mol. The van der Waals surface area contributed by atoms with Crippen LogP contribution in [0, 0.1) is 17.8 Å². The summed E-state index contributed by atoms with van der Waals surface area (Å²) >= 11 is 3.48. The molecule has 96 valence electrons. The summed E-state index contributed by atoms with van der Waals surface area (Å²) in [5.41, 5.74) is 0. The number of pyridine rings is 1. The molecule has 0 amide bonds. The zero-order valence-electron chi connectivity index (χ0n) is 10.3. The molecule has 0 unspecified atom stereocenters. The van der Waals surface area contributed by atoms with Crippen LogP contribution in [0.4, 0.5) is 0 Å². The monoisotopic (exact) mass is 308 g/mol. The molecule has 3 aliphatic heterocycles. The van der Waals surface area contributed by atoms with Crippen LogP contribution in [0.5, 0.6) is 5.75 Å². The number of hydrogen-bond acceptors (Lipinski definition) is 3. The second kappa shape index (κ2) is 4.20. The van der Waals surface area contributed by atoms with Gasteiger partial charge in [0.05, 0.1) is 0 Å².